The van der Waals surface area contributed by atoms with Crippen LogP contribution in [0.1, 0.15) is 100 Å². The van der Waals surface area contributed by atoms with Crippen LogP contribution in [0, 0.1) is 5.41 Å². The zero-order valence-electron chi connectivity index (χ0n) is 31.5. The van der Waals surface area contributed by atoms with Crippen molar-refractivity contribution in [2.45, 2.75) is 130 Å². The van der Waals surface area contributed by atoms with E-state index in [0.717, 1.165) is 0 Å². The van der Waals surface area contributed by atoms with Crippen LogP contribution >= 0.6 is 0 Å². The van der Waals surface area contributed by atoms with Gasteiger partial charge in [-0.2, -0.15) is 0 Å². The molecule has 284 valence electrons. The van der Waals surface area contributed by atoms with E-state index >= 15 is 0 Å². The Hall–Kier alpha value is -4.53. The van der Waals surface area contributed by atoms with Gasteiger partial charge in [-0.25, -0.2) is 4.79 Å². The van der Waals surface area contributed by atoms with E-state index in [1.165, 1.54) is 4.90 Å². The van der Waals surface area contributed by atoms with Gasteiger partial charge in [-0.1, -0.05) is 64.4 Å². The van der Waals surface area contributed by atoms with Crippen LogP contribution in [0.3, 0.4) is 0 Å². The molecular formula is C36H56N6O9. The van der Waals surface area contributed by atoms with Gasteiger partial charge in [-0.05, 0) is 58.9 Å². The fourth-order valence-corrected chi connectivity index (χ4v) is 5.52. The van der Waals surface area contributed by atoms with E-state index in [1.807, 2.05) is 20.8 Å². The Morgan fingerprint density at radius 3 is 2.00 bits per heavy atom. The third-order valence-electron chi connectivity index (χ3n) is 7.71. The lowest BCUT2D eigenvalue weighted by Gasteiger charge is -2.36. The molecule has 1 aromatic rings. The summed E-state index contributed by atoms with van der Waals surface area (Å²) in [7, 11) is 0. The average molecular weight is 717 g/mol. The number of amides is 6. The van der Waals surface area contributed by atoms with Crippen LogP contribution in [-0.4, -0.2) is 94.8 Å². The molecule has 0 spiro atoms. The molecule has 1 saturated heterocycles. The number of benzene rings is 1. The summed E-state index contributed by atoms with van der Waals surface area (Å²) in [6.45, 7) is 17.1. The first-order valence-electron chi connectivity index (χ1n) is 17.2. The van der Waals surface area contributed by atoms with Crippen LogP contribution < -0.4 is 27.0 Å². The Morgan fingerprint density at radius 2 is 1.49 bits per heavy atom. The molecule has 1 heterocycles. The fraction of sp³-hybridized carbons (Fsp3) is 0.639. The summed E-state index contributed by atoms with van der Waals surface area (Å²) in [5, 5.41) is 9.99. The van der Waals surface area contributed by atoms with E-state index in [4.69, 9.17) is 15.2 Å². The predicted octanol–water partition coefficient (Wildman–Crippen LogP) is 2.02. The molecule has 15 nitrogen and oxygen atoms in total. The number of Topliss-reactive ketones (excluding diaryl/α,β-unsaturated/α-hetero) is 1. The maximum Gasteiger partial charge on any atom is 0.408 e. The zero-order chi connectivity index (χ0) is 38.9. The van der Waals surface area contributed by atoms with Crippen molar-refractivity contribution >= 4 is 41.4 Å². The largest absolute Gasteiger partial charge is 0.444 e. The molecular weight excluding hydrogens is 660 g/mol. The molecule has 1 aromatic carbocycles. The van der Waals surface area contributed by atoms with Gasteiger partial charge < -0.3 is 41.4 Å². The van der Waals surface area contributed by atoms with Gasteiger partial charge in [-0.3, -0.25) is 28.8 Å². The molecule has 0 aliphatic carbocycles. The van der Waals surface area contributed by atoms with Gasteiger partial charge in [0.1, 0.15) is 23.7 Å². The normalized spacial score (nSPS) is 18.1. The second kappa shape index (κ2) is 17.6. The van der Waals surface area contributed by atoms with Crippen molar-refractivity contribution in [3.05, 3.63) is 35.9 Å². The van der Waals surface area contributed by atoms with Crippen molar-refractivity contribution in [1.29, 1.82) is 0 Å². The van der Waals surface area contributed by atoms with Crippen molar-refractivity contribution in [3.8, 4) is 0 Å². The third-order valence-corrected chi connectivity index (χ3v) is 7.71. The minimum Gasteiger partial charge on any atom is -0.444 e. The number of nitrogens with one attached hydrogen (secondary N) is 4. The van der Waals surface area contributed by atoms with E-state index in [1.54, 1.807) is 78.8 Å². The highest BCUT2D eigenvalue weighted by atomic mass is 16.6. The summed E-state index contributed by atoms with van der Waals surface area (Å²) in [6, 6.07) is 3.67. The summed E-state index contributed by atoms with van der Waals surface area (Å²) in [5.74, 6) is -4.92. The maximum atomic E-state index is 14.2. The van der Waals surface area contributed by atoms with Gasteiger partial charge >= 0.3 is 6.09 Å². The van der Waals surface area contributed by atoms with Gasteiger partial charge in [0, 0.05) is 13.0 Å². The summed E-state index contributed by atoms with van der Waals surface area (Å²) < 4.78 is 11.6. The second-order valence-electron chi connectivity index (χ2n) is 15.7. The highest BCUT2D eigenvalue weighted by Gasteiger charge is 2.47. The maximum absolute atomic E-state index is 14.2. The minimum absolute atomic E-state index is 0.0357. The van der Waals surface area contributed by atoms with Crippen molar-refractivity contribution in [2.24, 2.45) is 11.1 Å². The Labute approximate surface area is 300 Å². The predicted molar refractivity (Wildman–Crippen MR) is 189 cm³/mol. The Bertz CT molecular complexity index is 1430. The fourth-order valence-electron chi connectivity index (χ4n) is 5.52. The number of carbonyl (C=O) groups excluding carboxylic acids is 7. The number of nitrogens with two attached hydrogens (primary N) is 1. The van der Waals surface area contributed by atoms with Crippen LogP contribution in [0.5, 0.6) is 0 Å². The lowest BCUT2D eigenvalue weighted by Crippen LogP contribution is -2.59. The average Bonchev–Trinajstić information content (AvgIpc) is 3.41. The smallest absolute Gasteiger partial charge is 0.408 e. The summed E-state index contributed by atoms with van der Waals surface area (Å²) in [4.78, 5) is 92.9. The highest BCUT2D eigenvalue weighted by molar-refractivity contribution is 6.38. The van der Waals surface area contributed by atoms with E-state index < -0.39 is 94.8 Å². The Morgan fingerprint density at radius 1 is 0.882 bits per heavy atom. The third kappa shape index (κ3) is 13.6. The highest BCUT2D eigenvalue weighted by Crippen LogP contribution is 2.29. The molecule has 5 atom stereocenters. The van der Waals surface area contributed by atoms with Gasteiger partial charge in [-0.15, -0.1) is 0 Å². The van der Waals surface area contributed by atoms with Gasteiger partial charge in [0.2, 0.25) is 29.4 Å². The Balaban J connectivity index is 2.24. The number of likely N-dealkylation sites (tertiary alicyclic amines) is 1. The van der Waals surface area contributed by atoms with Crippen LogP contribution in [0.4, 0.5) is 4.79 Å². The molecule has 2 rings (SSSR count). The van der Waals surface area contributed by atoms with Crippen LogP contribution in [0.15, 0.2) is 30.3 Å². The molecule has 6 amide bonds. The van der Waals surface area contributed by atoms with Crippen molar-refractivity contribution in [1.82, 2.24) is 26.2 Å². The van der Waals surface area contributed by atoms with E-state index in [-0.39, 0.29) is 19.4 Å². The van der Waals surface area contributed by atoms with Crippen molar-refractivity contribution < 1.29 is 43.0 Å². The molecule has 0 saturated carbocycles. The molecule has 1 unspecified atom stereocenters. The number of rotatable bonds is 14. The zero-order valence-corrected chi connectivity index (χ0v) is 31.5. The summed E-state index contributed by atoms with van der Waals surface area (Å²) in [6.07, 6.45) is -0.738. The SMILES string of the molecule is CCCC(NC(=O)[C@@H]1C[C@@H](OC(C)(C)C)CN1C(=O)[C@@H](NC(=O)OC(C)(C)C)C(C)(C)C)C(=O)C(=O)NCC(=O)N[C@H](C(N)=O)c1ccccc1. The van der Waals surface area contributed by atoms with Gasteiger partial charge in [0.05, 0.1) is 24.3 Å². The van der Waals surface area contributed by atoms with Gasteiger partial charge in [0.15, 0.2) is 0 Å². The second-order valence-corrected chi connectivity index (χ2v) is 15.7. The number of hydrogen-bond acceptors (Lipinski definition) is 9. The monoisotopic (exact) mass is 716 g/mol. The molecule has 0 aromatic heterocycles. The number of hydrogen-bond donors (Lipinski definition) is 5. The number of ether oxygens (including phenoxy) is 2. The quantitative estimate of drug-likeness (QED) is 0.178. The standard InChI is InChI=1S/C36H56N6O9/c1-11-15-23(27(44)31(47)38-19-25(43)40-26(29(37)45)21-16-13-12-14-17-21)39-30(46)24-18-22(50-35(5,6)7)20-42(24)32(48)28(34(2,3)4)41-33(49)51-36(8,9)10/h12-14,16-17,22-24,26,28H,11,15,18-20H2,1-10H3,(H2,37,45)(H,38,47)(H,39,46)(H,40,43)(H,41,49)/t22-,23?,24+,26+,28-/m1/s1. The first kappa shape index (κ1) is 42.6. The molecule has 1 aliphatic heterocycles. The Kier molecular flexibility index (Phi) is 14.7. The topological polar surface area (TPSA) is 215 Å². The number of nitrogens with zero attached hydrogens (tertiary/aromatic N) is 1. The van der Waals surface area contributed by atoms with Crippen LogP contribution in [-0.2, 0) is 38.2 Å². The molecule has 51 heavy (non-hydrogen) atoms. The van der Waals surface area contributed by atoms with Crippen molar-refractivity contribution in [2.75, 3.05) is 13.1 Å². The van der Waals surface area contributed by atoms with Crippen molar-refractivity contribution in [3.63, 3.8) is 0 Å². The first-order chi connectivity index (χ1) is 23.4. The lowest BCUT2D eigenvalue weighted by molar-refractivity contribution is -0.144. The number of ketones is 1. The molecule has 0 radical (unpaired) electrons. The van der Waals surface area contributed by atoms with E-state index in [2.05, 4.69) is 21.3 Å². The number of carbonyl (C=O) groups is 7. The van der Waals surface area contributed by atoms with Crippen LogP contribution in [0.25, 0.3) is 0 Å². The van der Waals surface area contributed by atoms with Gasteiger partial charge in [0.25, 0.3) is 5.91 Å². The van der Waals surface area contributed by atoms with E-state index in [9.17, 15) is 33.6 Å². The summed E-state index contributed by atoms with van der Waals surface area (Å²) >= 11 is 0. The minimum atomic E-state index is -1.27. The van der Waals surface area contributed by atoms with Crippen LogP contribution in [0.2, 0.25) is 0 Å². The van der Waals surface area contributed by atoms with E-state index in [0.29, 0.717) is 12.0 Å². The lowest BCUT2D eigenvalue weighted by atomic mass is 9.85. The molecule has 15 heteroatoms. The molecule has 1 fully saturated rings. The number of alkyl carbamates (subject to hydrolysis) is 1. The molecule has 1 aliphatic rings. The number of primary amides is 1. The summed E-state index contributed by atoms with van der Waals surface area (Å²) in [5.41, 5.74) is 3.68. The molecule has 6 N–H and O–H groups in total. The molecule has 0 bridgehead atoms. The first-order valence-corrected chi connectivity index (χ1v) is 17.2.